The summed E-state index contributed by atoms with van der Waals surface area (Å²) in [6.07, 6.45) is 0. The van der Waals surface area contributed by atoms with Gasteiger partial charge in [0.15, 0.2) is 0 Å². The number of hydrogen-bond acceptors (Lipinski definition) is 2. The first-order valence-electron chi connectivity index (χ1n) is 4.23. The van der Waals surface area contributed by atoms with Crippen molar-refractivity contribution < 1.29 is 4.74 Å². The maximum Gasteiger partial charge on any atom is 0.136 e. The molecule has 0 aliphatic carbocycles. The highest BCUT2D eigenvalue weighted by Gasteiger charge is 2.11. The Morgan fingerprint density at radius 1 is 1.54 bits per heavy atom. The van der Waals surface area contributed by atoms with E-state index >= 15 is 0 Å². The van der Waals surface area contributed by atoms with Crippen LogP contribution in [0.15, 0.2) is 22.7 Å². The molecule has 3 heteroatoms. The highest BCUT2D eigenvalue weighted by molar-refractivity contribution is 9.10. The number of nitrogens with two attached hydrogens (primary N) is 1. The molecule has 1 unspecified atom stereocenters. The van der Waals surface area contributed by atoms with Gasteiger partial charge < -0.3 is 10.5 Å². The van der Waals surface area contributed by atoms with Crippen LogP contribution in [-0.4, -0.2) is 13.7 Å². The fourth-order valence-electron chi connectivity index (χ4n) is 1.26. The van der Waals surface area contributed by atoms with E-state index in [4.69, 9.17) is 10.5 Å². The van der Waals surface area contributed by atoms with Crippen LogP contribution in [0, 0.1) is 0 Å². The highest BCUT2D eigenvalue weighted by Crippen LogP contribution is 2.32. The lowest BCUT2D eigenvalue weighted by molar-refractivity contribution is 0.404. The van der Waals surface area contributed by atoms with E-state index in [1.165, 1.54) is 0 Å². The molecule has 2 N–H and O–H groups in total. The van der Waals surface area contributed by atoms with Crippen LogP contribution in [0.25, 0.3) is 0 Å². The summed E-state index contributed by atoms with van der Waals surface area (Å²) in [6, 6.07) is 6.00. The van der Waals surface area contributed by atoms with E-state index in [1.54, 1.807) is 7.11 Å². The average molecular weight is 244 g/mol. The van der Waals surface area contributed by atoms with Gasteiger partial charge in [-0.05, 0) is 40.0 Å². The van der Waals surface area contributed by atoms with Crippen molar-refractivity contribution in [2.75, 3.05) is 13.7 Å². The summed E-state index contributed by atoms with van der Waals surface area (Å²) < 4.78 is 6.28. The van der Waals surface area contributed by atoms with Gasteiger partial charge in [-0.25, -0.2) is 0 Å². The quantitative estimate of drug-likeness (QED) is 0.886. The summed E-state index contributed by atoms with van der Waals surface area (Å²) in [7, 11) is 1.67. The summed E-state index contributed by atoms with van der Waals surface area (Å²) in [5.74, 6) is 1.22. The van der Waals surface area contributed by atoms with E-state index in [2.05, 4.69) is 22.9 Å². The Hall–Kier alpha value is -0.540. The summed E-state index contributed by atoms with van der Waals surface area (Å²) in [6.45, 7) is 2.72. The molecule has 72 valence electrons. The molecular formula is C10H14BrNO. The largest absolute Gasteiger partial charge is 0.495 e. The predicted octanol–water partition coefficient (Wildman–Crippen LogP) is 2.52. The van der Waals surface area contributed by atoms with Crippen LogP contribution in [0.1, 0.15) is 18.4 Å². The molecule has 1 aromatic rings. The molecule has 1 atom stereocenters. The molecule has 0 saturated heterocycles. The summed E-state index contributed by atoms with van der Waals surface area (Å²) >= 11 is 3.44. The van der Waals surface area contributed by atoms with Gasteiger partial charge in [0.05, 0.1) is 11.6 Å². The van der Waals surface area contributed by atoms with Crippen molar-refractivity contribution in [1.29, 1.82) is 0 Å². The zero-order valence-electron chi connectivity index (χ0n) is 7.88. The molecule has 1 aromatic carbocycles. The Morgan fingerprint density at radius 3 is 2.77 bits per heavy atom. The number of ether oxygens (including phenoxy) is 1. The van der Waals surface area contributed by atoms with Gasteiger partial charge in [0.25, 0.3) is 0 Å². The Kier molecular flexibility index (Phi) is 3.75. The van der Waals surface area contributed by atoms with Gasteiger partial charge in [0, 0.05) is 0 Å². The normalized spacial score (nSPS) is 12.6. The maximum absolute atomic E-state index is 5.61. The number of hydrogen-bond donors (Lipinski definition) is 1. The summed E-state index contributed by atoms with van der Waals surface area (Å²) in [5.41, 5.74) is 6.76. The van der Waals surface area contributed by atoms with Gasteiger partial charge in [-0.1, -0.05) is 19.1 Å². The Morgan fingerprint density at radius 2 is 2.23 bits per heavy atom. The minimum absolute atomic E-state index is 0.326. The van der Waals surface area contributed by atoms with Gasteiger partial charge in [0.2, 0.25) is 0 Å². The molecule has 13 heavy (non-hydrogen) atoms. The van der Waals surface area contributed by atoms with Crippen LogP contribution in [0.3, 0.4) is 0 Å². The van der Waals surface area contributed by atoms with Crippen molar-refractivity contribution in [3.8, 4) is 5.75 Å². The van der Waals surface area contributed by atoms with E-state index in [0.29, 0.717) is 12.5 Å². The zero-order valence-corrected chi connectivity index (χ0v) is 9.47. The first kappa shape index (κ1) is 10.5. The molecule has 0 aliphatic rings. The van der Waals surface area contributed by atoms with Crippen molar-refractivity contribution >= 4 is 15.9 Å². The fourth-order valence-corrected chi connectivity index (χ4v) is 1.80. The van der Waals surface area contributed by atoms with Crippen LogP contribution in [-0.2, 0) is 0 Å². The van der Waals surface area contributed by atoms with Crippen LogP contribution < -0.4 is 10.5 Å². The van der Waals surface area contributed by atoms with E-state index in [-0.39, 0.29) is 0 Å². The third kappa shape index (κ3) is 2.23. The van der Waals surface area contributed by atoms with E-state index in [0.717, 1.165) is 15.8 Å². The molecular weight excluding hydrogens is 230 g/mol. The second kappa shape index (κ2) is 4.63. The standard InChI is InChI=1S/C10H14BrNO/c1-7(6-12)8-4-3-5-9(11)10(8)13-2/h3-5,7H,6,12H2,1-2H3. The van der Waals surface area contributed by atoms with Crippen molar-refractivity contribution in [3.63, 3.8) is 0 Å². The maximum atomic E-state index is 5.61. The van der Waals surface area contributed by atoms with Gasteiger partial charge in [-0.2, -0.15) is 0 Å². The van der Waals surface area contributed by atoms with E-state index < -0.39 is 0 Å². The Balaban J connectivity index is 3.12. The van der Waals surface area contributed by atoms with Crippen molar-refractivity contribution in [3.05, 3.63) is 28.2 Å². The van der Waals surface area contributed by atoms with E-state index in [9.17, 15) is 0 Å². The smallest absolute Gasteiger partial charge is 0.136 e. The number of halogens is 1. The molecule has 0 radical (unpaired) electrons. The third-order valence-corrected chi connectivity index (χ3v) is 2.71. The Bertz CT molecular complexity index is 288. The molecule has 0 saturated carbocycles. The van der Waals surface area contributed by atoms with E-state index in [1.807, 2.05) is 18.2 Å². The molecule has 0 aromatic heterocycles. The first-order chi connectivity index (χ1) is 6.20. The number of methoxy groups -OCH3 is 1. The average Bonchev–Trinajstić information content (AvgIpc) is 2.16. The van der Waals surface area contributed by atoms with Gasteiger partial charge in [-0.15, -0.1) is 0 Å². The monoisotopic (exact) mass is 243 g/mol. The number of para-hydroxylation sites is 1. The molecule has 0 bridgehead atoms. The van der Waals surface area contributed by atoms with Crippen molar-refractivity contribution in [2.24, 2.45) is 5.73 Å². The lowest BCUT2D eigenvalue weighted by atomic mass is 10.0. The summed E-state index contributed by atoms with van der Waals surface area (Å²) in [4.78, 5) is 0. The second-order valence-corrected chi connectivity index (χ2v) is 3.85. The first-order valence-corrected chi connectivity index (χ1v) is 5.02. The topological polar surface area (TPSA) is 35.2 Å². The Labute approximate surface area is 87.2 Å². The van der Waals surface area contributed by atoms with Gasteiger partial charge in [-0.3, -0.25) is 0 Å². The SMILES string of the molecule is COc1c(Br)cccc1C(C)CN. The van der Waals surface area contributed by atoms with Crippen LogP contribution in [0.2, 0.25) is 0 Å². The fraction of sp³-hybridized carbons (Fsp3) is 0.400. The lowest BCUT2D eigenvalue weighted by Gasteiger charge is -2.14. The van der Waals surface area contributed by atoms with Crippen molar-refractivity contribution in [1.82, 2.24) is 0 Å². The molecule has 1 rings (SSSR count). The predicted molar refractivity (Wildman–Crippen MR) is 58.2 cm³/mol. The van der Waals surface area contributed by atoms with Crippen LogP contribution >= 0.6 is 15.9 Å². The van der Waals surface area contributed by atoms with Crippen LogP contribution in [0.5, 0.6) is 5.75 Å². The minimum atomic E-state index is 0.326. The highest BCUT2D eigenvalue weighted by atomic mass is 79.9. The third-order valence-electron chi connectivity index (χ3n) is 2.09. The lowest BCUT2D eigenvalue weighted by Crippen LogP contribution is -2.10. The number of rotatable bonds is 3. The molecule has 0 aliphatic heterocycles. The van der Waals surface area contributed by atoms with Crippen molar-refractivity contribution in [2.45, 2.75) is 12.8 Å². The molecule has 2 nitrogen and oxygen atoms in total. The second-order valence-electron chi connectivity index (χ2n) is 3.00. The number of benzene rings is 1. The molecule has 0 amide bonds. The van der Waals surface area contributed by atoms with Gasteiger partial charge >= 0.3 is 0 Å². The molecule has 0 fully saturated rings. The molecule has 0 spiro atoms. The summed E-state index contributed by atoms with van der Waals surface area (Å²) in [5, 5.41) is 0. The minimum Gasteiger partial charge on any atom is -0.495 e. The van der Waals surface area contributed by atoms with Gasteiger partial charge in [0.1, 0.15) is 5.75 Å². The molecule has 0 heterocycles. The zero-order chi connectivity index (χ0) is 9.84. The van der Waals surface area contributed by atoms with Crippen LogP contribution in [0.4, 0.5) is 0 Å².